The minimum Gasteiger partial charge on any atom is -0.451 e. The van der Waals surface area contributed by atoms with Crippen LogP contribution in [0.15, 0.2) is 53.1 Å². The van der Waals surface area contributed by atoms with Crippen LogP contribution in [0.3, 0.4) is 0 Å². The molecule has 0 spiro atoms. The van der Waals surface area contributed by atoms with Gasteiger partial charge in [0.15, 0.2) is 11.4 Å². The zero-order valence-electron chi connectivity index (χ0n) is 12.9. The Labute approximate surface area is 136 Å². The van der Waals surface area contributed by atoms with Gasteiger partial charge in [0.05, 0.1) is 6.61 Å². The van der Waals surface area contributed by atoms with Crippen molar-refractivity contribution in [3.63, 3.8) is 0 Å². The van der Waals surface area contributed by atoms with Crippen molar-refractivity contribution in [2.75, 3.05) is 12.4 Å². The lowest BCUT2D eigenvalue weighted by atomic mass is 10.1. The standard InChI is InChI=1S/C17H14N4O3/c1-23-10-12-11-6-2-3-7-13(11)24-15(12)16(22)18-17-20-19-14-8-4-5-9-21(14)17/h2-9H,10H2,1H3,(H,18,20,22). The number of rotatable bonds is 4. The van der Waals surface area contributed by atoms with Gasteiger partial charge in [-0.1, -0.05) is 24.3 Å². The molecular formula is C17H14N4O3. The summed E-state index contributed by atoms with van der Waals surface area (Å²) in [6, 6.07) is 13.0. The van der Waals surface area contributed by atoms with Crippen LogP contribution in [0.4, 0.5) is 5.95 Å². The molecule has 0 saturated carbocycles. The Morgan fingerprint density at radius 2 is 2.04 bits per heavy atom. The number of carbonyl (C=O) groups is 1. The molecule has 1 amide bonds. The fourth-order valence-electron chi connectivity index (χ4n) is 2.65. The molecule has 0 bridgehead atoms. The highest BCUT2D eigenvalue weighted by Gasteiger charge is 2.21. The summed E-state index contributed by atoms with van der Waals surface area (Å²) in [5.41, 5.74) is 2.00. The van der Waals surface area contributed by atoms with Crippen LogP contribution in [0.1, 0.15) is 16.1 Å². The number of aromatic nitrogens is 3. The van der Waals surface area contributed by atoms with Gasteiger partial charge in [0.1, 0.15) is 5.58 Å². The van der Waals surface area contributed by atoms with Gasteiger partial charge >= 0.3 is 0 Å². The van der Waals surface area contributed by atoms with Gasteiger partial charge in [-0.05, 0) is 18.2 Å². The molecule has 120 valence electrons. The molecule has 7 nitrogen and oxygen atoms in total. The van der Waals surface area contributed by atoms with Crippen LogP contribution < -0.4 is 5.32 Å². The van der Waals surface area contributed by atoms with Crippen LogP contribution in [-0.2, 0) is 11.3 Å². The first kappa shape index (κ1) is 14.4. The van der Waals surface area contributed by atoms with Gasteiger partial charge in [-0.3, -0.25) is 14.5 Å². The molecule has 0 atom stereocenters. The van der Waals surface area contributed by atoms with Crippen molar-refractivity contribution in [3.8, 4) is 0 Å². The van der Waals surface area contributed by atoms with E-state index in [0.717, 1.165) is 5.39 Å². The molecule has 1 N–H and O–H groups in total. The smallest absolute Gasteiger partial charge is 0.294 e. The number of nitrogens with zero attached hydrogens (tertiary/aromatic N) is 3. The minimum absolute atomic E-state index is 0.214. The molecule has 0 radical (unpaired) electrons. The number of ether oxygens (including phenoxy) is 1. The Balaban J connectivity index is 1.74. The largest absolute Gasteiger partial charge is 0.451 e. The third kappa shape index (κ3) is 2.31. The normalized spacial score (nSPS) is 11.2. The summed E-state index contributed by atoms with van der Waals surface area (Å²) in [7, 11) is 1.58. The summed E-state index contributed by atoms with van der Waals surface area (Å²) in [5, 5.41) is 11.6. The van der Waals surface area contributed by atoms with Crippen molar-refractivity contribution in [2.45, 2.75) is 6.61 Å². The zero-order chi connectivity index (χ0) is 16.5. The number of pyridine rings is 1. The van der Waals surface area contributed by atoms with Crippen LogP contribution in [0.5, 0.6) is 0 Å². The number of hydrogen-bond donors (Lipinski definition) is 1. The highest BCUT2D eigenvalue weighted by Crippen LogP contribution is 2.27. The van der Waals surface area contributed by atoms with Crippen molar-refractivity contribution in [3.05, 3.63) is 60.0 Å². The molecule has 1 aromatic carbocycles. The van der Waals surface area contributed by atoms with Crippen molar-refractivity contribution >= 4 is 28.5 Å². The van der Waals surface area contributed by atoms with Crippen LogP contribution in [0.2, 0.25) is 0 Å². The minimum atomic E-state index is -0.392. The second-order valence-corrected chi connectivity index (χ2v) is 5.25. The van der Waals surface area contributed by atoms with Gasteiger partial charge in [-0.2, -0.15) is 0 Å². The van der Waals surface area contributed by atoms with E-state index >= 15 is 0 Å². The predicted octanol–water partition coefficient (Wildman–Crippen LogP) is 2.87. The summed E-state index contributed by atoms with van der Waals surface area (Å²) in [5.74, 6) is 0.154. The van der Waals surface area contributed by atoms with Crippen LogP contribution >= 0.6 is 0 Å². The van der Waals surface area contributed by atoms with E-state index in [2.05, 4.69) is 15.5 Å². The van der Waals surface area contributed by atoms with Crippen molar-refractivity contribution in [1.29, 1.82) is 0 Å². The zero-order valence-corrected chi connectivity index (χ0v) is 12.9. The molecule has 0 saturated heterocycles. The number of benzene rings is 1. The van der Waals surface area contributed by atoms with E-state index in [1.807, 2.05) is 36.4 Å². The average molecular weight is 322 g/mol. The van der Waals surface area contributed by atoms with Crippen LogP contribution in [-0.4, -0.2) is 27.6 Å². The monoisotopic (exact) mass is 322 g/mol. The van der Waals surface area contributed by atoms with Crippen molar-refractivity contribution in [1.82, 2.24) is 14.6 Å². The Kier molecular flexibility index (Phi) is 3.47. The molecule has 0 aliphatic carbocycles. The summed E-state index contributed by atoms with van der Waals surface area (Å²) < 4.78 is 12.6. The number of hydrogen-bond acceptors (Lipinski definition) is 5. The topological polar surface area (TPSA) is 81.7 Å². The number of fused-ring (bicyclic) bond motifs is 2. The van der Waals surface area contributed by atoms with Gasteiger partial charge < -0.3 is 9.15 Å². The summed E-state index contributed by atoms with van der Waals surface area (Å²) in [6.07, 6.45) is 1.78. The quantitative estimate of drug-likeness (QED) is 0.625. The van der Waals surface area contributed by atoms with E-state index in [-0.39, 0.29) is 12.4 Å². The molecule has 7 heteroatoms. The van der Waals surface area contributed by atoms with E-state index in [4.69, 9.17) is 9.15 Å². The average Bonchev–Trinajstić information content (AvgIpc) is 3.18. The second kappa shape index (κ2) is 5.78. The van der Waals surface area contributed by atoms with Gasteiger partial charge in [-0.15, -0.1) is 10.2 Å². The molecule has 3 heterocycles. The lowest BCUT2D eigenvalue weighted by Crippen LogP contribution is -2.15. The first-order valence-corrected chi connectivity index (χ1v) is 7.38. The molecule has 3 aromatic heterocycles. The number of para-hydroxylation sites is 1. The SMILES string of the molecule is COCc1c(C(=O)Nc2nnc3ccccn23)oc2ccccc12. The highest BCUT2D eigenvalue weighted by molar-refractivity contribution is 6.05. The Morgan fingerprint density at radius 1 is 1.21 bits per heavy atom. The predicted molar refractivity (Wildman–Crippen MR) is 87.9 cm³/mol. The third-order valence-corrected chi connectivity index (χ3v) is 3.73. The first-order valence-electron chi connectivity index (χ1n) is 7.38. The maximum absolute atomic E-state index is 12.7. The van der Waals surface area contributed by atoms with Crippen LogP contribution in [0, 0.1) is 0 Å². The van der Waals surface area contributed by atoms with Gasteiger partial charge in [0.25, 0.3) is 5.91 Å². The van der Waals surface area contributed by atoms with Gasteiger partial charge in [0, 0.05) is 24.3 Å². The van der Waals surface area contributed by atoms with Gasteiger partial charge in [0.2, 0.25) is 5.95 Å². The lowest BCUT2D eigenvalue weighted by Gasteiger charge is -2.03. The maximum atomic E-state index is 12.7. The number of furan rings is 1. The maximum Gasteiger partial charge on any atom is 0.294 e. The number of carbonyl (C=O) groups excluding carboxylic acids is 1. The van der Waals surface area contributed by atoms with Crippen molar-refractivity contribution < 1.29 is 13.9 Å². The highest BCUT2D eigenvalue weighted by atomic mass is 16.5. The third-order valence-electron chi connectivity index (χ3n) is 3.73. The Morgan fingerprint density at radius 3 is 2.92 bits per heavy atom. The molecule has 0 fully saturated rings. The number of anilines is 1. The molecule has 0 unspecified atom stereocenters. The summed E-state index contributed by atoms with van der Waals surface area (Å²) in [4.78, 5) is 12.7. The first-order chi connectivity index (χ1) is 11.8. The summed E-state index contributed by atoms with van der Waals surface area (Å²) >= 11 is 0. The molecular weight excluding hydrogens is 308 g/mol. The fourth-order valence-corrected chi connectivity index (χ4v) is 2.65. The second-order valence-electron chi connectivity index (χ2n) is 5.25. The van der Waals surface area contributed by atoms with E-state index in [0.29, 0.717) is 22.7 Å². The Hall–Kier alpha value is -3.19. The van der Waals surface area contributed by atoms with Crippen LogP contribution in [0.25, 0.3) is 16.6 Å². The summed E-state index contributed by atoms with van der Waals surface area (Å²) in [6.45, 7) is 0.278. The number of amides is 1. The number of methoxy groups -OCH3 is 1. The van der Waals surface area contributed by atoms with E-state index in [1.165, 1.54) is 0 Å². The number of nitrogens with one attached hydrogen (secondary N) is 1. The molecule has 4 rings (SSSR count). The van der Waals surface area contributed by atoms with E-state index < -0.39 is 5.91 Å². The fraction of sp³-hybridized carbons (Fsp3) is 0.118. The lowest BCUT2D eigenvalue weighted by molar-refractivity contribution is 0.0991. The molecule has 0 aliphatic heterocycles. The van der Waals surface area contributed by atoms with Crippen molar-refractivity contribution in [2.24, 2.45) is 0 Å². The van der Waals surface area contributed by atoms with Gasteiger partial charge in [-0.25, -0.2) is 0 Å². The van der Waals surface area contributed by atoms with E-state index in [9.17, 15) is 4.79 Å². The van der Waals surface area contributed by atoms with E-state index in [1.54, 1.807) is 23.8 Å². The molecule has 4 aromatic rings. The molecule has 0 aliphatic rings. The Bertz CT molecular complexity index is 1030. The molecule has 24 heavy (non-hydrogen) atoms.